The van der Waals surface area contributed by atoms with Gasteiger partial charge < -0.3 is 9.84 Å². The lowest BCUT2D eigenvalue weighted by Crippen LogP contribution is -2.36. The van der Waals surface area contributed by atoms with E-state index in [1.54, 1.807) is 4.57 Å². The number of aliphatic hydroxyl groups excluding tert-OH is 1. The van der Waals surface area contributed by atoms with E-state index in [1.807, 2.05) is 6.92 Å². The van der Waals surface area contributed by atoms with Gasteiger partial charge in [-0.2, -0.15) is 0 Å². The minimum Gasteiger partial charge on any atom is -0.387 e. The van der Waals surface area contributed by atoms with E-state index in [4.69, 9.17) is 39.5 Å². The maximum Gasteiger partial charge on any atom is 0.191 e. The third kappa shape index (κ3) is 1.98. The van der Waals surface area contributed by atoms with E-state index in [0.717, 1.165) is 0 Å². The molecule has 0 bridgehead atoms. The standard InChI is InChI=1S/C11H11Cl3N4O2/c1-2-5-7(19)11(13,14)10(20-5)18-4-17-6-8(12)15-3-16-9(6)18/h3-5,7,10,19H,2H2,1H3. The van der Waals surface area contributed by atoms with Gasteiger partial charge in [0, 0.05) is 0 Å². The first-order valence-corrected chi connectivity index (χ1v) is 7.14. The van der Waals surface area contributed by atoms with Crippen LogP contribution in [-0.4, -0.2) is 41.2 Å². The van der Waals surface area contributed by atoms with Gasteiger partial charge in [-0.3, -0.25) is 4.57 Å². The van der Waals surface area contributed by atoms with E-state index in [-0.39, 0.29) is 5.15 Å². The number of aromatic nitrogens is 4. The Balaban J connectivity index is 2.10. The summed E-state index contributed by atoms with van der Waals surface area (Å²) < 4.78 is 5.80. The smallest absolute Gasteiger partial charge is 0.191 e. The second-order valence-corrected chi connectivity index (χ2v) is 6.35. The molecular formula is C11H11Cl3N4O2. The largest absolute Gasteiger partial charge is 0.387 e. The third-order valence-corrected chi connectivity index (χ3v) is 4.45. The number of aliphatic hydroxyl groups is 1. The Hall–Kier alpha value is -0.660. The average Bonchev–Trinajstić information content (AvgIpc) is 2.92. The van der Waals surface area contributed by atoms with Crippen molar-refractivity contribution in [3.8, 4) is 0 Å². The van der Waals surface area contributed by atoms with Crippen molar-refractivity contribution in [1.29, 1.82) is 0 Å². The van der Waals surface area contributed by atoms with Crippen LogP contribution in [0.4, 0.5) is 0 Å². The highest BCUT2D eigenvalue weighted by Gasteiger charge is 2.55. The Kier molecular flexibility index (Phi) is 3.54. The molecule has 9 heteroatoms. The first-order valence-electron chi connectivity index (χ1n) is 6.01. The van der Waals surface area contributed by atoms with Gasteiger partial charge >= 0.3 is 0 Å². The van der Waals surface area contributed by atoms with Crippen LogP contribution < -0.4 is 0 Å². The summed E-state index contributed by atoms with van der Waals surface area (Å²) in [5.74, 6) is 0. The molecular weight excluding hydrogens is 327 g/mol. The van der Waals surface area contributed by atoms with Gasteiger partial charge in [0.2, 0.25) is 0 Å². The summed E-state index contributed by atoms with van der Waals surface area (Å²) in [4.78, 5) is 12.1. The molecule has 108 valence electrons. The van der Waals surface area contributed by atoms with Crippen LogP contribution in [0.5, 0.6) is 0 Å². The van der Waals surface area contributed by atoms with E-state index in [9.17, 15) is 5.11 Å². The fraction of sp³-hybridized carbons (Fsp3) is 0.545. The minimum absolute atomic E-state index is 0.231. The molecule has 0 aliphatic carbocycles. The molecule has 0 amide bonds. The van der Waals surface area contributed by atoms with Crippen molar-refractivity contribution in [2.75, 3.05) is 0 Å². The summed E-state index contributed by atoms with van der Waals surface area (Å²) in [5, 5.41) is 10.4. The molecule has 0 spiro atoms. The zero-order chi connectivity index (χ0) is 14.5. The highest BCUT2D eigenvalue weighted by Crippen LogP contribution is 2.48. The molecule has 0 aromatic carbocycles. The number of alkyl halides is 2. The molecule has 1 saturated heterocycles. The van der Waals surface area contributed by atoms with Crippen LogP contribution in [0.15, 0.2) is 12.7 Å². The molecule has 2 aromatic heterocycles. The van der Waals surface area contributed by atoms with Crippen LogP contribution in [0.1, 0.15) is 19.6 Å². The first kappa shape index (κ1) is 14.3. The van der Waals surface area contributed by atoms with Gasteiger partial charge in [-0.05, 0) is 6.42 Å². The zero-order valence-corrected chi connectivity index (χ0v) is 12.6. The predicted molar refractivity (Wildman–Crippen MR) is 75.0 cm³/mol. The van der Waals surface area contributed by atoms with Crippen LogP contribution >= 0.6 is 34.8 Å². The quantitative estimate of drug-likeness (QED) is 0.672. The molecule has 20 heavy (non-hydrogen) atoms. The molecule has 0 saturated carbocycles. The summed E-state index contributed by atoms with van der Waals surface area (Å²) in [6.07, 6.45) is 1.11. The highest BCUT2D eigenvalue weighted by molar-refractivity contribution is 6.49. The van der Waals surface area contributed by atoms with Crippen molar-refractivity contribution < 1.29 is 9.84 Å². The van der Waals surface area contributed by atoms with Gasteiger partial charge in [0.15, 0.2) is 21.4 Å². The van der Waals surface area contributed by atoms with E-state index < -0.39 is 22.8 Å². The topological polar surface area (TPSA) is 73.1 Å². The Morgan fingerprint density at radius 1 is 1.40 bits per heavy atom. The van der Waals surface area contributed by atoms with E-state index >= 15 is 0 Å². The zero-order valence-electron chi connectivity index (χ0n) is 10.4. The lowest BCUT2D eigenvalue weighted by molar-refractivity contribution is -0.0187. The van der Waals surface area contributed by atoms with Gasteiger partial charge in [-0.25, -0.2) is 15.0 Å². The molecule has 3 rings (SSSR count). The summed E-state index contributed by atoms with van der Waals surface area (Å²) in [7, 11) is 0. The number of hydrogen-bond acceptors (Lipinski definition) is 5. The van der Waals surface area contributed by atoms with Crippen molar-refractivity contribution in [3.05, 3.63) is 17.8 Å². The molecule has 3 atom stereocenters. The Labute approximate surface area is 129 Å². The lowest BCUT2D eigenvalue weighted by atomic mass is 10.1. The molecule has 3 unspecified atom stereocenters. The number of fused-ring (bicyclic) bond motifs is 1. The van der Waals surface area contributed by atoms with Crippen molar-refractivity contribution in [2.24, 2.45) is 0 Å². The van der Waals surface area contributed by atoms with E-state index in [2.05, 4.69) is 15.0 Å². The molecule has 1 fully saturated rings. The van der Waals surface area contributed by atoms with Crippen molar-refractivity contribution in [3.63, 3.8) is 0 Å². The fourth-order valence-corrected chi connectivity index (χ4v) is 3.06. The van der Waals surface area contributed by atoms with Crippen molar-refractivity contribution >= 4 is 46.0 Å². The molecule has 2 aromatic rings. The number of halogens is 3. The van der Waals surface area contributed by atoms with Crippen LogP contribution in [-0.2, 0) is 4.74 Å². The molecule has 1 N–H and O–H groups in total. The Bertz CT molecular complexity index is 648. The van der Waals surface area contributed by atoms with Crippen molar-refractivity contribution in [2.45, 2.75) is 36.1 Å². The molecule has 1 aliphatic rings. The second-order valence-electron chi connectivity index (χ2n) is 4.54. The highest BCUT2D eigenvalue weighted by atomic mass is 35.5. The molecule has 0 radical (unpaired) electrons. The minimum atomic E-state index is -1.49. The summed E-state index contributed by atoms with van der Waals surface area (Å²) in [6.45, 7) is 1.88. The van der Waals surface area contributed by atoms with Crippen molar-refractivity contribution in [1.82, 2.24) is 19.5 Å². The number of hydrogen-bond donors (Lipinski definition) is 1. The number of nitrogens with zero attached hydrogens (tertiary/aromatic N) is 4. The SMILES string of the molecule is CCC1OC(n2cnc3c(Cl)ncnc32)C(Cl)(Cl)C1O. The normalized spacial score (nSPS) is 29.1. The second kappa shape index (κ2) is 4.96. The predicted octanol–water partition coefficient (Wildman–Crippen LogP) is 2.32. The van der Waals surface area contributed by atoms with E-state index in [1.165, 1.54) is 12.7 Å². The monoisotopic (exact) mass is 336 g/mol. The summed E-state index contributed by atoms with van der Waals surface area (Å²) in [6, 6.07) is 0. The van der Waals surface area contributed by atoms with Gasteiger partial charge in [-0.1, -0.05) is 41.7 Å². The number of ether oxygens (including phenoxy) is 1. The van der Waals surface area contributed by atoms with Crippen LogP contribution in [0, 0.1) is 0 Å². The van der Waals surface area contributed by atoms with Crippen LogP contribution in [0.3, 0.4) is 0 Å². The third-order valence-electron chi connectivity index (χ3n) is 3.35. The van der Waals surface area contributed by atoms with Gasteiger partial charge in [0.25, 0.3) is 0 Å². The summed E-state index contributed by atoms with van der Waals surface area (Å²) >= 11 is 18.5. The van der Waals surface area contributed by atoms with Crippen LogP contribution in [0.25, 0.3) is 11.2 Å². The van der Waals surface area contributed by atoms with Crippen LogP contribution in [0.2, 0.25) is 5.15 Å². The van der Waals surface area contributed by atoms with Gasteiger partial charge in [0.05, 0.1) is 12.4 Å². The molecule has 3 heterocycles. The number of rotatable bonds is 2. The number of imidazole rings is 1. The molecule has 6 nitrogen and oxygen atoms in total. The lowest BCUT2D eigenvalue weighted by Gasteiger charge is -2.23. The Morgan fingerprint density at radius 2 is 2.15 bits per heavy atom. The Morgan fingerprint density at radius 3 is 2.80 bits per heavy atom. The summed E-state index contributed by atoms with van der Waals surface area (Å²) in [5.41, 5.74) is 0.876. The van der Waals surface area contributed by atoms with Gasteiger partial charge in [-0.15, -0.1) is 0 Å². The maximum absolute atomic E-state index is 10.1. The van der Waals surface area contributed by atoms with E-state index in [0.29, 0.717) is 17.6 Å². The first-order chi connectivity index (χ1) is 9.46. The molecule has 1 aliphatic heterocycles. The average molecular weight is 338 g/mol. The van der Waals surface area contributed by atoms with Gasteiger partial charge in [0.1, 0.15) is 17.9 Å². The fourth-order valence-electron chi connectivity index (χ4n) is 2.29. The maximum atomic E-state index is 10.1.